The van der Waals surface area contributed by atoms with Gasteiger partial charge in [0.1, 0.15) is 5.69 Å². The second-order valence-corrected chi connectivity index (χ2v) is 13.2. The van der Waals surface area contributed by atoms with Gasteiger partial charge in [-0.2, -0.15) is 18.3 Å². The molecular weight excluding hydrogens is 673 g/mol. The molecule has 5 aromatic rings. The van der Waals surface area contributed by atoms with E-state index in [0.717, 1.165) is 48.8 Å². The van der Waals surface area contributed by atoms with Gasteiger partial charge in [0.25, 0.3) is 5.56 Å². The smallest absolute Gasteiger partial charge is 0.323 e. The van der Waals surface area contributed by atoms with Crippen LogP contribution in [0.2, 0.25) is 5.02 Å². The number of nitrogens with one attached hydrogen (secondary N) is 2. The van der Waals surface area contributed by atoms with Crippen molar-refractivity contribution >= 4 is 23.2 Å². The van der Waals surface area contributed by atoms with Crippen molar-refractivity contribution in [1.29, 1.82) is 0 Å². The Morgan fingerprint density at radius 2 is 1.76 bits per heavy atom. The Morgan fingerprint density at radius 1 is 0.960 bits per heavy atom. The second kappa shape index (κ2) is 13.8. The number of rotatable bonds is 4. The van der Waals surface area contributed by atoms with Gasteiger partial charge in [-0.05, 0) is 69.1 Å². The number of hydrogen-bond acceptors (Lipinski definition) is 8. The largest absolute Gasteiger partial charge is 0.436 e. The summed E-state index contributed by atoms with van der Waals surface area (Å²) in [5.41, 5.74) is 1.81. The molecule has 6 heterocycles. The fourth-order valence-corrected chi connectivity index (χ4v) is 6.73. The maximum atomic E-state index is 13.9. The van der Waals surface area contributed by atoms with Crippen molar-refractivity contribution in [2.45, 2.75) is 63.7 Å². The third kappa shape index (κ3) is 6.92. The molecule has 2 atom stereocenters. The molecule has 2 aliphatic heterocycles. The molecule has 0 radical (unpaired) electrons. The van der Waals surface area contributed by atoms with Gasteiger partial charge < -0.3 is 10.6 Å². The van der Waals surface area contributed by atoms with E-state index in [-0.39, 0.29) is 29.2 Å². The number of aromatic nitrogens is 8. The molecule has 1 aromatic carbocycles. The van der Waals surface area contributed by atoms with Gasteiger partial charge >= 0.3 is 6.18 Å². The van der Waals surface area contributed by atoms with E-state index in [1.165, 1.54) is 35.2 Å². The summed E-state index contributed by atoms with van der Waals surface area (Å²) in [6.07, 6.45) is 5.60. The molecule has 1 amide bonds. The van der Waals surface area contributed by atoms with E-state index in [2.05, 4.69) is 30.9 Å². The highest BCUT2D eigenvalue weighted by Gasteiger charge is 2.35. The molecular formula is C34H34ClF3N10O2. The van der Waals surface area contributed by atoms with Crippen LogP contribution in [-0.2, 0) is 11.0 Å². The molecule has 1 fully saturated rings. The fourth-order valence-electron chi connectivity index (χ4n) is 6.55. The first-order valence-electron chi connectivity index (χ1n) is 16.5. The number of carbonyl (C=O) groups excluding carboxylic acids is 1. The maximum Gasteiger partial charge on any atom is 0.436 e. The van der Waals surface area contributed by atoms with Gasteiger partial charge in [-0.3, -0.25) is 23.8 Å². The Hall–Kier alpha value is -4.89. The minimum atomic E-state index is -4.68. The van der Waals surface area contributed by atoms with Crippen molar-refractivity contribution in [2.24, 2.45) is 5.92 Å². The summed E-state index contributed by atoms with van der Waals surface area (Å²) in [5, 5.41) is 18.7. The quantitative estimate of drug-likeness (QED) is 0.229. The van der Waals surface area contributed by atoms with Crippen LogP contribution in [0.4, 0.5) is 18.9 Å². The molecule has 2 aliphatic rings. The lowest BCUT2D eigenvalue weighted by molar-refractivity contribution is -0.141. The van der Waals surface area contributed by atoms with Crippen LogP contribution in [-0.4, -0.2) is 58.3 Å². The van der Waals surface area contributed by atoms with Crippen molar-refractivity contribution in [3.8, 4) is 28.2 Å². The molecule has 0 unspecified atom stereocenters. The monoisotopic (exact) mass is 706 g/mol. The molecule has 0 saturated carbocycles. The van der Waals surface area contributed by atoms with Crippen LogP contribution in [0.3, 0.4) is 0 Å². The summed E-state index contributed by atoms with van der Waals surface area (Å²) < 4.78 is 44.3. The van der Waals surface area contributed by atoms with Crippen LogP contribution in [0.25, 0.3) is 28.2 Å². The standard InChI is InChI=1S/C34H34ClF3N10O2/c1-20-4-2-3-5-29(26-14-21(8-13-40-26)32-27(42-33(20)50)17-47(44-32)23-9-11-39-12-10-23)46-19-41-25(16-31(46)49)24-15-22(35)6-7-28(24)48-18-30(43-45-48)34(36,37)38/h6-8,13-20,23,29,39H,2-5,9-12H2,1H3,(H,42,50)/t20-,29+/m1/s1. The van der Waals surface area contributed by atoms with Gasteiger partial charge in [-0.15, -0.1) is 5.10 Å². The number of piperidine rings is 1. The first-order valence-corrected chi connectivity index (χ1v) is 16.9. The van der Waals surface area contributed by atoms with Crippen molar-refractivity contribution in [3.63, 3.8) is 0 Å². The van der Waals surface area contributed by atoms with Crippen molar-refractivity contribution in [3.05, 3.63) is 88.1 Å². The lowest BCUT2D eigenvalue weighted by atomic mass is 9.99. The molecule has 4 aromatic heterocycles. The van der Waals surface area contributed by atoms with Crippen molar-refractivity contribution < 1.29 is 18.0 Å². The summed E-state index contributed by atoms with van der Waals surface area (Å²) in [5.74, 6) is -0.309. The predicted molar refractivity (Wildman–Crippen MR) is 180 cm³/mol. The number of halogens is 4. The van der Waals surface area contributed by atoms with E-state index in [0.29, 0.717) is 46.9 Å². The molecule has 0 spiro atoms. The molecule has 2 N–H and O–H groups in total. The number of benzene rings is 1. The normalized spacial score (nSPS) is 19.2. The zero-order valence-electron chi connectivity index (χ0n) is 27.1. The second-order valence-electron chi connectivity index (χ2n) is 12.7. The summed E-state index contributed by atoms with van der Waals surface area (Å²) in [6, 6.07) is 9.28. The molecule has 7 rings (SSSR count). The number of fused-ring (bicyclic) bond motifs is 4. The highest BCUT2D eigenvalue weighted by molar-refractivity contribution is 6.31. The van der Waals surface area contributed by atoms with E-state index in [1.807, 2.05) is 29.9 Å². The Morgan fingerprint density at radius 3 is 2.52 bits per heavy atom. The van der Waals surface area contributed by atoms with Gasteiger partial charge in [0, 0.05) is 40.5 Å². The SMILES string of the molecule is C[C@@H]1CCCC[C@H](n2cnc(-c3cc(Cl)ccc3-n3cc(C(F)(F)F)nn3)cc2=O)c2cc(ccn2)-c2nn(C3CCNCC3)cc2NC1=O. The number of hydrogen-bond donors (Lipinski definition) is 2. The molecule has 1 saturated heterocycles. The topological polar surface area (TPSA) is 137 Å². The highest BCUT2D eigenvalue weighted by Crippen LogP contribution is 2.35. The van der Waals surface area contributed by atoms with Gasteiger partial charge in [0.2, 0.25) is 5.91 Å². The van der Waals surface area contributed by atoms with E-state index in [4.69, 9.17) is 16.7 Å². The average molecular weight is 707 g/mol. The minimum Gasteiger partial charge on any atom is -0.323 e. The van der Waals surface area contributed by atoms with Crippen LogP contribution in [0.15, 0.2) is 66.1 Å². The van der Waals surface area contributed by atoms with Crippen LogP contribution >= 0.6 is 11.6 Å². The molecule has 16 heteroatoms. The van der Waals surface area contributed by atoms with Crippen LogP contribution < -0.4 is 16.2 Å². The van der Waals surface area contributed by atoms with E-state index in [9.17, 15) is 22.8 Å². The minimum absolute atomic E-state index is 0.0712. The number of alkyl halides is 3. The first-order chi connectivity index (χ1) is 24.0. The van der Waals surface area contributed by atoms with Crippen molar-refractivity contribution in [2.75, 3.05) is 18.4 Å². The number of nitrogens with zero attached hydrogens (tertiary/aromatic N) is 8. The number of amides is 1. The zero-order valence-corrected chi connectivity index (χ0v) is 27.8. The van der Waals surface area contributed by atoms with Gasteiger partial charge in [0.15, 0.2) is 5.69 Å². The predicted octanol–water partition coefficient (Wildman–Crippen LogP) is 6.08. The number of carbonyl (C=O) groups is 1. The lowest BCUT2D eigenvalue weighted by Gasteiger charge is -2.22. The summed E-state index contributed by atoms with van der Waals surface area (Å²) >= 11 is 6.28. The summed E-state index contributed by atoms with van der Waals surface area (Å²) in [7, 11) is 0. The first kappa shape index (κ1) is 33.6. The van der Waals surface area contributed by atoms with E-state index in [1.54, 1.807) is 6.20 Å². The van der Waals surface area contributed by atoms with Gasteiger partial charge in [-0.25, -0.2) is 9.67 Å². The molecule has 260 valence electrons. The average Bonchev–Trinajstić information content (AvgIpc) is 3.77. The number of anilines is 1. The van der Waals surface area contributed by atoms with Crippen LogP contribution in [0.1, 0.15) is 68.9 Å². The lowest BCUT2D eigenvalue weighted by Crippen LogP contribution is -2.29. The number of pyridine rings is 1. The molecule has 50 heavy (non-hydrogen) atoms. The van der Waals surface area contributed by atoms with E-state index >= 15 is 0 Å². The molecule has 0 aliphatic carbocycles. The highest BCUT2D eigenvalue weighted by atomic mass is 35.5. The van der Waals surface area contributed by atoms with E-state index < -0.39 is 23.5 Å². The maximum absolute atomic E-state index is 13.9. The van der Waals surface area contributed by atoms with Crippen LogP contribution in [0, 0.1) is 5.92 Å². The molecule has 2 bridgehead atoms. The fraction of sp³-hybridized carbons (Fsp3) is 0.382. The van der Waals surface area contributed by atoms with Crippen molar-refractivity contribution in [1.82, 2.24) is 44.6 Å². The Labute approximate surface area is 289 Å². The third-order valence-corrected chi connectivity index (χ3v) is 9.55. The Bertz CT molecular complexity index is 2090. The zero-order chi connectivity index (χ0) is 35.0. The summed E-state index contributed by atoms with van der Waals surface area (Å²) in [4.78, 5) is 36.4. The Kier molecular flexibility index (Phi) is 9.26. The van der Waals surface area contributed by atoms with Crippen LogP contribution in [0.5, 0.6) is 0 Å². The summed E-state index contributed by atoms with van der Waals surface area (Å²) in [6.45, 7) is 3.68. The van der Waals surface area contributed by atoms with Gasteiger partial charge in [0.05, 0.1) is 47.4 Å². The molecule has 12 nitrogen and oxygen atoms in total. The third-order valence-electron chi connectivity index (χ3n) is 9.32. The van der Waals surface area contributed by atoms with Gasteiger partial charge in [-0.1, -0.05) is 36.6 Å². The Balaban J connectivity index is 1.27.